The van der Waals surface area contributed by atoms with Crippen LogP contribution in [0.2, 0.25) is 0 Å². The highest BCUT2D eigenvalue weighted by molar-refractivity contribution is 5.81. The van der Waals surface area contributed by atoms with Crippen LogP contribution in [-0.4, -0.2) is 87.5 Å². The van der Waals surface area contributed by atoms with Crippen LogP contribution in [0.1, 0.15) is 106 Å². The molecule has 0 aromatic carbocycles. The average Bonchev–Trinajstić information content (AvgIpc) is 3.04. The van der Waals surface area contributed by atoms with Crippen molar-refractivity contribution in [2.24, 2.45) is 56.2 Å². The molecule has 284 valence electrons. The molecule has 10 heteroatoms. The predicted molar refractivity (Wildman–Crippen MR) is 189 cm³/mol. The standard InChI is InChI=1S/C40H65NO9/c1-35(2)26(33(44)50-25-31(43)41-17-18-48-21-22-49-20-19-47-8)9-11-38(5)30(35)10-12-40(7)32(38)29(42)23-27-28-24-37(4,34(45)46)14-13-36(28,3)15-16-39(27,40)6/h23,26,28-30,32,42H,9-22,24-25H2,1-8H3,(H,41,43)(H,45,46)/t26-,28+,29?,30+,32-,36-,37+,38+,39-,40-/m1/s1. The van der Waals surface area contributed by atoms with Gasteiger partial charge < -0.3 is 34.5 Å². The SMILES string of the molecule is COCCOCCOCCNC(=O)COC(=O)[C@H]1CC[C@]2(C)[C@H]3C(O)C=C4[C@@H]5C[C@@](C)(C(=O)O)CC[C@]5(C)CC[C@@]4(C)[C@]3(C)CC[C@H]2C1(C)C. The lowest BCUT2D eigenvalue weighted by molar-refractivity contribution is -0.220. The summed E-state index contributed by atoms with van der Waals surface area (Å²) in [5, 5.41) is 25.2. The van der Waals surface area contributed by atoms with Crippen molar-refractivity contribution in [1.29, 1.82) is 0 Å². The van der Waals surface area contributed by atoms with Crippen LogP contribution in [0.4, 0.5) is 0 Å². The molecule has 0 aromatic rings. The minimum absolute atomic E-state index is 0.0162. The molecule has 0 aromatic heterocycles. The number of hydrogen-bond donors (Lipinski definition) is 3. The van der Waals surface area contributed by atoms with Gasteiger partial charge in [-0.05, 0) is 104 Å². The molecule has 5 aliphatic rings. The highest BCUT2D eigenvalue weighted by Gasteiger charge is 2.70. The molecule has 5 rings (SSSR count). The molecule has 0 aliphatic heterocycles. The van der Waals surface area contributed by atoms with E-state index in [9.17, 15) is 24.6 Å². The number of aliphatic hydroxyl groups is 1. The second-order valence-electron chi connectivity index (χ2n) is 18.3. The Morgan fingerprint density at radius 3 is 2.20 bits per heavy atom. The van der Waals surface area contributed by atoms with E-state index in [1.165, 1.54) is 5.57 Å². The van der Waals surface area contributed by atoms with E-state index in [4.69, 9.17) is 18.9 Å². The van der Waals surface area contributed by atoms with Crippen molar-refractivity contribution in [3.8, 4) is 0 Å². The molecule has 4 saturated carbocycles. The van der Waals surface area contributed by atoms with Gasteiger partial charge in [0.05, 0.1) is 50.5 Å². The van der Waals surface area contributed by atoms with Gasteiger partial charge in [0.1, 0.15) is 0 Å². The number of aliphatic carboxylic acids is 1. The third-order valence-electron chi connectivity index (χ3n) is 15.3. The largest absolute Gasteiger partial charge is 0.481 e. The van der Waals surface area contributed by atoms with E-state index in [2.05, 4.69) is 52.9 Å². The molecule has 0 radical (unpaired) electrons. The molecule has 0 saturated heterocycles. The van der Waals surface area contributed by atoms with Crippen molar-refractivity contribution in [3.63, 3.8) is 0 Å². The number of nitrogens with one attached hydrogen (secondary N) is 1. The number of methoxy groups -OCH3 is 1. The molecule has 10 atom stereocenters. The maximum absolute atomic E-state index is 13.6. The molecule has 0 bridgehead atoms. The first kappa shape index (κ1) is 39.2. The van der Waals surface area contributed by atoms with Crippen molar-refractivity contribution in [2.75, 3.05) is 53.3 Å². The Labute approximate surface area is 299 Å². The van der Waals surface area contributed by atoms with Gasteiger partial charge in [0, 0.05) is 19.6 Å². The van der Waals surface area contributed by atoms with Crippen LogP contribution in [-0.2, 0) is 33.3 Å². The minimum atomic E-state index is -0.748. The molecule has 1 amide bonds. The lowest BCUT2D eigenvalue weighted by Gasteiger charge is -2.72. The van der Waals surface area contributed by atoms with Gasteiger partial charge in [-0.2, -0.15) is 0 Å². The van der Waals surface area contributed by atoms with Crippen LogP contribution in [0.25, 0.3) is 0 Å². The van der Waals surface area contributed by atoms with Crippen molar-refractivity contribution < 1.29 is 43.5 Å². The first-order valence-electron chi connectivity index (χ1n) is 19.1. The lowest BCUT2D eigenvalue weighted by atomic mass is 9.33. The summed E-state index contributed by atoms with van der Waals surface area (Å²) in [6.07, 6.45) is 9.22. The van der Waals surface area contributed by atoms with Gasteiger partial charge in [-0.3, -0.25) is 14.4 Å². The summed E-state index contributed by atoms with van der Waals surface area (Å²) in [6, 6.07) is 0. The van der Waals surface area contributed by atoms with Gasteiger partial charge in [-0.15, -0.1) is 0 Å². The Balaban J connectivity index is 1.24. The monoisotopic (exact) mass is 703 g/mol. The van der Waals surface area contributed by atoms with Gasteiger partial charge in [-0.1, -0.05) is 53.2 Å². The maximum Gasteiger partial charge on any atom is 0.309 e. The zero-order valence-electron chi connectivity index (χ0n) is 32.0. The van der Waals surface area contributed by atoms with Crippen LogP contribution < -0.4 is 5.32 Å². The fourth-order valence-corrected chi connectivity index (χ4v) is 12.1. The maximum atomic E-state index is 13.6. The van der Waals surface area contributed by atoms with Crippen LogP contribution in [0, 0.1) is 56.2 Å². The number of hydrogen-bond acceptors (Lipinski definition) is 8. The Kier molecular flexibility index (Phi) is 11.3. The van der Waals surface area contributed by atoms with E-state index in [1.807, 2.05) is 6.92 Å². The van der Waals surface area contributed by atoms with Crippen molar-refractivity contribution in [3.05, 3.63) is 11.6 Å². The summed E-state index contributed by atoms with van der Waals surface area (Å²) in [5.41, 5.74) is -0.281. The molecule has 10 nitrogen and oxygen atoms in total. The molecule has 0 heterocycles. The molecular weight excluding hydrogens is 638 g/mol. The summed E-state index contributed by atoms with van der Waals surface area (Å²) in [4.78, 5) is 38.5. The number of amides is 1. The Hall–Kier alpha value is -2.01. The molecule has 0 spiro atoms. The van der Waals surface area contributed by atoms with Crippen LogP contribution in [0.15, 0.2) is 11.6 Å². The number of carbonyl (C=O) groups is 3. The first-order chi connectivity index (χ1) is 23.4. The summed E-state index contributed by atoms with van der Waals surface area (Å²) < 4.78 is 21.4. The van der Waals surface area contributed by atoms with Gasteiger partial charge in [-0.25, -0.2) is 0 Å². The van der Waals surface area contributed by atoms with Crippen LogP contribution in [0.3, 0.4) is 0 Å². The number of carboxylic acids is 1. The number of allylic oxidation sites excluding steroid dienone is 1. The molecular formula is C40H65NO9. The molecule has 5 aliphatic carbocycles. The normalized spacial score (nSPS) is 41.8. The molecule has 3 N–H and O–H groups in total. The highest BCUT2D eigenvalue weighted by Crippen LogP contribution is 2.76. The van der Waals surface area contributed by atoms with Crippen LogP contribution >= 0.6 is 0 Å². The average molecular weight is 704 g/mol. The Morgan fingerprint density at radius 1 is 0.860 bits per heavy atom. The summed E-state index contributed by atoms with van der Waals surface area (Å²) in [6.45, 7) is 18.1. The van der Waals surface area contributed by atoms with E-state index in [0.717, 1.165) is 38.5 Å². The third-order valence-corrected chi connectivity index (χ3v) is 15.3. The van der Waals surface area contributed by atoms with Crippen LogP contribution in [0.5, 0.6) is 0 Å². The van der Waals surface area contributed by atoms with Gasteiger partial charge >= 0.3 is 11.9 Å². The van der Waals surface area contributed by atoms with Crippen molar-refractivity contribution in [1.82, 2.24) is 5.32 Å². The summed E-state index contributed by atoms with van der Waals surface area (Å²) >= 11 is 0. The Morgan fingerprint density at radius 2 is 1.52 bits per heavy atom. The zero-order chi connectivity index (χ0) is 36.8. The predicted octanol–water partition coefficient (Wildman–Crippen LogP) is 5.80. The summed E-state index contributed by atoms with van der Waals surface area (Å²) in [7, 11) is 1.62. The lowest BCUT2D eigenvalue weighted by Crippen LogP contribution is -2.67. The van der Waals surface area contributed by atoms with Crippen molar-refractivity contribution >= 4 is 17.8 Å². The number of carbonyl (C=O) groups excluding carboxylic acids is 2. The number of ether oxygens (including phenoxy) is 4. The zero-order valence-corrected chi connectivity index (χ0v) is 32.0. The topological polar surface area (TPSA) is 141 Å². The van der Waals surface area contributed by atoms with E-state index in [0.29, 0.717) is 58.8 Å². The highest BCUT2D eigenvalue weighted by atomic mass is 16.5. The number of rotatable bonds is 13. The van der Waals surface area contributed by atoms with E-state index in [-0.39, 0.29) is 69.2 Å². The van der Waals surface area contributed by atoms with Gasteiger partial charge in [0.2, 0.25) is 0 Å². The number of aliphatic hydroxyl groups excluding tert-OH is 1. The van der Waals surface area contributed by atoms with E-state index < -0.39 is 17.5 Å². The molecule has 50 heavy (non-hydrogen) atoms. The fraction of sp³-hybridized carbons (Fsp3) is 0.875. The van der Waals surface area contributed by atoms with Gasteiger partial charge in [0.15, 0.2) is 6.61 Å². The van der Waals surface area contributed by atoms with E-state index >= 15 is 0 Å². The second kappa shape index (κ2) is 14.4. The first-order valence-corrected chi connectivity index (χ1v) is 19.1. The molecule has 1 unspecified atom stereocenters. The number of carboxylic acid groups (broad SMARTS) is 1. The second-order valence-corrected chi connectivity index (χ2v) is 18.3. The molecule has 4 fully saturated rings. The minimum Gasteiger partial charge on any atom is -0.481 e. The Bertz CT molecular complexity index is 1320. The quantitative estimate of drug-likeness (QED) is 0.123. The number of fused-ring (bicyclic) bond motifs is 7. The van der Waals surface area contributed by atoms with Gasteiger partial charge in [0.25, 0.3) is 5.91 Å². The number of esters is 1. The van der Waals surface area contributed by atoms with Crippen molar-refractivity contribution in [2.45, 2.75) is 112 Å². The summed E-state index contributed by atoms with van der Waals surface area (Å²) in [5.74, 6) is -1.37. The van der Waals surface area contributed by atoms with E-state index in [1.54, 1.807) is 7.11 Å². The fourth-order valence-electron chi connectivity index (χ4n) is 12.1. The smallest absolute Gasteiger partial charge is 0.309 e. The third kappa shape index (κ3) is 6.69.